The van der Waals surface area contributed by atoms with Gasteiger partial charge < -0.3 is 4.98 Å². The molecule has 0 unspecified atom stereocenters. The maximum absolute atomic E-state index is 4.35. The molecule has 0 saturated carbocycles. The van der Waals surface area contributed by atoms with Crippen molar-refractivity contribution in [1.82, 2.24) is 9.97 Å². The van der Waals surface area contributed by atoms with Gasteiger partial charge >= 0.3 is 0 Å². The van der Waals surface area contributed by atoms with Crippen LogP contribution in [0.4, 0.5) is 0 Å². The van der Waals surface area contributed by atoms with Crippen LogP contribution < -0.4 is 0 Å². The third-order valence-electron chi connectivity index (χ3n) is 3.88. The van der Waals surface area contributed by atoms with Gasteiger partial charge in [-0.15, -0.1) is 35.9 Å². The molecule has 0 bridgehead atoms. The van der Waals surface area contributed by atoms with Gasteiger partial charge in [-0.25, -0.2) is 0 Å². The summed E-state index contributed by atoms with van der Waals surface area (Å²) >= 11 is 0. The molecular formula is C24H21IrN2-. The molecule has 2 aromatic carbocycles. The Morgan fingerprint density at radius 1 is 0.630 bits per heavy atom. The van der Waals surface area contributed by atoms with E-state index in [4.69, 9.17) is 0 Å². The molecule has 0 aliphatic carbocycles. The fourth-order valence-electron chi connectivity index (χ4n) is 2.43. The maximum Gasteiger partial charge on any atom is 0.0702 e. The fourth-order valence-corrected chi connectivity index (χ4v) is 2.43. The standard InChI is InChI=1S/C12H11N.C12H10N.Ir/c2*1-10-7-8-12(13-9-10)11-5-3-2-4-6-11;/h2-9H,1H3;2-5,7-9H,1H3;/q;-1;. The number of pyridine rings is 2. The number of aryl methyl sites for hydroxylation is 2. The molecule has 0 spiro atoms. The second-order valence-electron chi connectivity index (χ2n) is 6.08. The molecule has 0 atom stereocenters. The Kier molecular flexibility index (Phi) is 8.06. The van der Waals surface area contributed by atoms with E-state index in [1.165, 1.54) is 16.7 Å². The minimum Gasteiger partial charge on any atom is -0.304 e. The van der Waals surface area contributed by atoms with E-state index in [1.807, 2.05) is 80.8 Å². The molecule has 0 amide bonds. The molecule has 1 radical (unpaired) electrons. The summed E-state index contributed by atoms with van der Waals surface area (Å²) in [4.78, 5) is 8.67. The molecule has 2 nitrogen and oxygen atoms in total. The van der Waals surface area contributed by atoms with Gasteiger partial charge in [-0.2, -0.15) is 0 Å². The van der Waals surface area contributed by atoms with Gasteiger partial charge in [0.2, 0.25) is 0 Å². The largest absolute Gasteiger partial charge is 0.304 e. The van der Waals surface area contributed by atoms with Crippen LogP contribution in [-0.4, -0.2) is 9.97 Å². The Morgan fingerprint density at radius 3 is 1.74 bits per heavy atom. The number of hydrogen-bond donors (Lipinski definition) is 0. The van der Waals surface area contributed by atoms with Crippen molar-refractivity contribution in [2.24, 2.45) is 0 Å². The van der Waals surface area contributed by atoms with E-state index in [1.54, 1.807) is 0 Å². The topological polar surface area (TPSA) is 25.8 Å². The molecule has 4 rings (SSSR count). The summed E-state index contributed by atoms with van der Waals surface area (Å²) in [6.07, 6.45) is 3.76. The summed E-state index contributed by atoms with van der Waals surface area (Å²) in [6, 6.07) is 29.4. The average Bonchev–Trinajstić information content (AvgIpc) is 2.71. The van der Waals surface area contributed by atoms with Gasteiger partial charge in [-0.3, -0.25) is 4.98 Å². The first-order chi connectivity index (χ1) is 12.7. The van der Waals surface area contributed by atoms with Crippen molar-refractivity contribution in [3.8, 4) is 22.5 Å². The van der Waals surface area contributed by atoms with E-state index in [0.29, 0.717) is 0 Å². The normalized spacial score (nSPS) is 9.56. The van der Waals surface area contributed by atoms with E-state index in [2.05, 4.69) is 40.3 Å². The van der Waals surface area contributed by atoms with Crippen molar-refractivity contribution in [2.75, 3.05) is 0 Å². The Labute approximate surface area is 174 Å². The number of hydrogen-bond acceptors (Lipinski definition) is 2. The summed E-state index contributed by atoms with van der Waals surface area (Å²) in [6.45, 7) is 4.08. The third kappa shape index (κ3) is 6.25. The van der Waals surface area contributed by atoms with E-state index < -0.39 is 0 Å². The summed E-state index contributed by atoms with van der Waals surface area (Å²) in [5.74, 6) is 0. The van der Waals surface area contributed by atoms with E-state index in [-0.39, 0.29) is 20.1 Å². The predicted molar refractivity (Wildman–Crippen MR) is 108 cm³/mol. The molecule has 0 saturated heterocycles. The smallest absolute Gasteiger partial charge is 0.0702 e. The molecular weight excluding hydrogens is 508 g/mol. The van der Waals surface area contributed by atoms with Crippen LogP contribution in [0.2, 0.25) is 0 Å². The Balaban J connectivity index is 0.000000187. The van der Waals surface area contributed by atoms with Gasteiger partial charge in [-0.1, -0.05) is 48.5 Å². The van der Waals surface area contributed by atoms with E-state index in [9.17, 15) is 0 Å². The molecule has 2 aromatic heterocycles. The Hall–Kier alpha value is -2.61. The average molecular weight is 530 g/mol. The van der Waals surface area contributed by atoms with E-state index >= 15 is 0 Å². The first-order valence-corrected chi connectivity index (χ1v) is 8.60. The molecule has 2 heterocycles. The first kappa shape index (κ1) is 20.7. The van der Waals surface area contributed by atoms with Gasteiger partial charge in [0, 0.05) is 38.1 Å². The molecule has 4 aromatic rings. The van der Waals surface area contributed by atoms with Crippen LogP contribution >= 0.6 is 0 Å². The summed E-state index contributed by atoms with van der Waals surface area (Å²) in [7, 11) is 0. The zero-order valence-electron chi connectivity index (χ0n) is 15.4. The first-order valence-electron chi connectivity index (χ1n) is 8.60. The minimum absolute atomic E-state index is 0. The second kappa shape index (κ2) is 10.5. The van der Waals surface area contributed by atoms with Crippen LogP contribution in [0.3, 0.4) is 0 Å². The number of benzene rings is 2. The van der Waals surface area contributed by atoms with Gasteiger partial charge in [0.05, 0.1) is 5.69 Å². The molecule has 137 valence electrons. The van der Waals surface area contributed by atoms with Crippen molar-refractivity contribution in [2.45, 2.75) is 13.8 Å². The monoisotopic (exact) mass is 530 g/mol. The van der Waals surface area contributed by atoms with Crippen molar-refractivity contribution < 1.29 is 20.1 Å². The second-order valence-corrected chi connectivity index (χ2v) is 6.08. The number of aromatic nitrogens is 2. The molecule has 3 heteroatoms. The van der Waals surface area contributed by atoms with Gasteiger partial charge in [-0.05, 0) is 36.7 Å². The molecule has 0 aliphatic heterocycles. The van der Waals surface area contributed by atoms with Crippen LogP contribution in [0.15, 0.2) is 91.3 Å². The maximum atomic E-state index is 4.35. The summed E-state index contributed by atoms with van der Waals surface area (Å²) in [5.41, 5.74) is 6.60. The quantitative estimate of drug-likeness (QED) is 0.302. The number of nitrogens with zero attached hydrogens (tertiary/aromatic N) is 2. The molecule has 0 N–H and O–H groups in total. The van der Waals surface area contributed by atoms with Crippen LogP contribution in [0.1, 0.15) is 11.1 Å². The number of rotatable bonds is 2. The third-order valence-corrected chi connectivity index (χ3v) is 3.88. The van der Waals surface area contributed by atoms with Crippen molar-refractivity contribution in [3.05, 3.63) is 108 Å². The molecule has 0 aliphatic rings. The molecule has 27 heavy (non-hydrogen) atoms. The zero-order chi connectivity index (χ0) is 18.2. The Bertz CT molecular complexity index is 838. The van der Waals surface area contributed by atoms with Crippen molar-refractivity contribution in [3.63, 3.8) is 0 Å². The van der Waals surface area contributed by atoms with Crippen molar-refractivity contribution >= 4 is 0 Å². The van der Waals surface area contributed by atoms with Crippen LogP contribution in [0, 0.1) is 19.9 Å². The summed E-state index contributed by atoms with van der Waals surface area (Å²) < 4.78 is 0. The van der Waals surface area contributed by atoms with Gasteiger partial charge in [0.25, 0.3) is 0 Å². The minimum atomic E-state index is 0. The van der Waals surface area contributed by atoms with Crippen LogP contribution in [0.5, 0.6) is 0 Å². The van der Waals surface area contributed by atoms with Gasteiger partial charge in [0.15, 0.2) is 0 Å². The summed E-state index contributed by atoms with van der Waals surface area (Å²) in [5, 5.41) is 0. The predicted octanol–water partition coefficient (Wildman–Crippen LogP) is 5.91. The van der Waals surface area contributed by atoms with E-state index in [0.717, 1.165) is 17.0 Å². The molecule has 0 fully saturated rings. The van der Waals surface area contributed by atoms with Crippen molar-refractivity contribution in [1.29, 1.82) is 0 Å². The van der Waals surface area contributed by atoms with Gasteiger partial charge in [0.1, 0.15) is 0 Å². The zero-order valence-corrected chi connectivity index (χ0v) is 17.8. The Morgan fingerprint density at radius 2 is 1.22 bits per heavy atom. The fraction of sp³-hybridized carbons (Fsp3) is 0.0833. The van der Waals surface area contributed by atoms with Crippen LogP contribution in [-0.2, 0) is 20.1 Å². The SMILES string of the molecule is Cc1ccc(-c2[c-]cccc2)nc1.Cc1ccc(-c2ccccc2)nc1.[Ir]. The van der Waals surface area contributed by atoms with Crippen LogP contribution in [0.25, 0.3) is 22.5 Å².